The van der Waals surface area contributed by atoms with E-state index in [4.69, 9.17) is 0 Å². The van der Waals surface area contributed by atoms with E-state index in [0.717, 1.165) is 23.9 Å². The summed E-state index contributed by atoms with van der Waals surface area (Å²) in [5, 5.41) is 1.16. The Bertz CT molecular complexity index is 788. The molecule has 0 aliphatic carbocycles. The highest BCUT2D eigenvalue weighted by Crippen LogP contribution is 2.23. The quantitative estimate of drug-likeness (QED) is 0.736. The van der Waals surface area contributed by atoms with E-state index in [9.17, 15) is 4.79 Å². The molecule has 0 aliphatic rings. The molecule has 0 bridgehead atoms. The summed E-state index contributed by atoms with van der Waals surface area (Å²) in [7, 11) is 4.13. The van der Waals surface area contributed by atoms with Gasteiger partial charge in [-0.25, -0.2) is 0 Å². The molecule has 3 nitrogen and oxygen atoms in total. The van der Waals surface area contributed by atoms with E-state index in [0.29, 0.717) is 5.56 Å². The number of aromatic nitrogens is 1. The van der Waals surface area contributed by atoms with Crippen LogP contribution in [0.15, 0.2) is 60.8 Å². The molecule has 0 N–H and O–H groups in total. The summed E-state index contributed by atoms with van der Waals surface area (Å²) in [6.07, 6.45) is 2.92. The number of carbonyl (C=O) groups is 1. The van der Waals surface area contributed by atoms with Crippen LogP contribution < -0.4 is 0 Å². The Hall–Kier alpha value is -2.39. The predicted octanol–water partition coefficient (Wildman–Crippen LogP) is 3.43. The van der Waals surface area contributed by atoms with E-state index in [1.807, 2.05) is 54.7 Å². The molecule has 0 fully saturated rings. The molecule has 2 aromatic carbocycles. The van der Waals surface area contributed by atoms with Crippen molar-refractivity contribution in [1.29, 1.82) is 0 Å². The van der Waals surface area contributed by atoms with Crippen molar-refractivity contribution >= 4 is 16.8 Å². The smallest absolute Gasteiger partial charge is 0.262 e. The standard InChI is InChI=1S/C19H20N2O/c1-20(2)13-12-16-14-21(18-11-7-6-10-17(16)18)19(22)15-8-4-3-5-9-15/h3-11,14H,12-13H2,1-2H3. The molecule has 0 aliphatic heterocycles. The Morgan fingerprint density at radius 3 is 2.41 bits per heavy atom. The lowest BCUT2D eigenvalue weighted by Gasteiger charge is -2.07. The van der Waals surface area contributed by atoms with Crippen molar-refractivity contribution in [3.8, 4) is 0 Å². The van der Waals surface area contributed by atoms with Gasteiger partial charge in [0.2, 0.25) is 0 Å². The second-order valence-corrected chi connectivity index (χ2v) is 5.77. The lowest BCUT2D eigenvalue weighted by molar-refractivity contribution is 0.0965. The first-order chi connectivity index (χ1) is 10.7. The predicted molar refractivity (Wildman–Crippen MR) is 90.4 cm³/mol. The summed E-state index contributed by atoms with van der Waals surface area (Å²) in [6, 6.07) is 17.5. The summed E-state index contributed by atoms with van der Waals surface area (Å²) in [6.45, 7) is 0.966. The van der Waals surface area contributed by atoms with Crippen LogP contribution in [0.1, 0.15) is 15.9 Å². The molecule has 0 unspecified atom stereocenters. The van der Waals surface area contributed by atoms with E-state index >= 15 is 0 Å². The summed E-state index contributed by atoms with van der Waals surface area (Å²) >= 11 is 0. The first kappa shape index (κ1) is 14.5. The number of nitrogens with zero attached hydrogens (tertiary/aromatic N) is 2. The molecule has 0 amide bonds. The van der Waals surface area contributed by atoms with Gasteiger partial charge in [0.05, 0.1) is 5.52 Å². The lowest BCUT2D eigenvalue weighted by Crippen LogP contribution is -2.15. The van der Waals surface area contributed by atoms with Crippen molar-refractivity contribution in [2.45, 2.75) is 6.42 Å². The maximum Gasteiger partial charge on any atom is 0.262 e. The number of likely N-dealkylation sites (N-methyl/N-ethyl adjacent to an activating group) is 1. The zero-order valence-electron chi connectivity index (χ0n) is 13.0. The van der Waals surface area contributed by atoms with Crippen molar-refractivity contribution in [2.24, 2.45) is 0 Å². The molecule has 3 aromatic rings. The minimum Gasteiger partial charge on any atom is -0.309 e. The zero-order chi connectivity index (χ0) is 15.5. The fraction of sp³-hybridized carbons (Fsp3) is 0.211. The number of benzene rings is 2. The zero-order valence-corrected chi connectivity index (χ0v) is 13.0. The Balaban J connectivity index is 2.04. The fourth-order valence-corrected chi connectivity index (χ4v) is 2.68. The van der Waals surface area contributed by atoms with Crippen LogP contribution in [0.5, 0.6) is 0 Å². The Labute approximate surface area is 130 Å². The van der Waals surface area contributed by atoms with Crippen molar-refractivity contribution in [3.63, 3.8) is 0 Å². The van der Waals surface area contributed by atoms with Gasteiger partial charge in [0, 0.05) is 23.7 Å². The Kier molecular flexibility index (Phi) is 4.07. The summed E-state index contributed by atoms with van der Waals surface area (Å²) < 4.78 is 1.77. The number of rotatable bonds is 4. The molecular weight excluding hydrogens is 272 g/mol. The fourth-order valence-electron chi connectivity index (χ4n) is 2.68. The van der Waals surface area contributed by atoms with Crippen molar-refractivity contribution in [1.82, 2.24) is 9.47 Å². The molecule has 112 valence electrons. The average Bonchev–Trinajstić information content (AvgIpc) is 2.92. The van der Waals surface area contributed by atoms with E-state index in [1.165, 1.54) is 5.56 Å². The van der Waals surface area contributed by atoms with Crippen LogP contribution in [0.3, 0.4) is 0 Å². The minimum atomic E-state index is 0.0212. The van der Waals surface area contributed by atoms with Gasteiger partial charge in [0.1, 0.15) is 0 Å². The summed E-state index contributed by atoms with van der Waals surface area (Å²) in [5.74, 6) is 0.0212. The van der Waals surface area contributed by atoms with Gasteiger partial charge in [-0.2, -0.15) is 0 Å². The first-order valence-corrected chi connectivity index (χ1v) is 7.50. The summed E-state index contributed by atoms with van der Waals surface area (Å²) in [5.41, 5.74) is 2.90. The maximum absolute atomic E-state index is 12.8. The number of para-hydroxylation sites is 1. The van der Waals surface area contributed by atoms with Crippen LogP contribution in [0.4, 0.5) is 0 Å². The van der Waals surface area contributed by atoms with Gasteiger partial charge in [0.15, 0.2) is 0 Å². The molecule has 1 heterocycles. The van der Waals surface area contributed by atoms with Gasteiger partial charge in [-0.15, -0.1) is 0 Å². The van der Waals surface area contributed by atoms with Gasteiger partial charge in [-0.1, -0.05) is 36.4 Å². The lowest BCUT2D eigenvalue weighted by atomic mass is 10.1. The summed E-state index contributed by atoms with van der Waals surface area (Å²) in [4.78, 5) is 14.9. The second kappa shape index (κ2) is 6.16. The van der Waals surface area contributed by atoms with Crippen LogP contribution in [-0.2, 0) is 6.42 Å². The van der Waals surface area contributed by atoms with E-state index in [2.05, 4.69) is 25.1 Å². The van der Waals surface area contributed by atoms with Crippen LogP contribution >= 0.6 is 0 Å². The van der Waals surface area contributed by atoms with Crippen LogP contribution in [0.2, 0.25) is 0 Å². The van der Waals surface area contributed by atoms with Crippen molar-refractivity contribution in [3.05, 3.63) is 71.9 Å². The van der Waals surface area contributed by atoms with Crippen LogP contribution in [0.25, 0.3) is 10.9 Å². The number of carbonyl (C=O) groups excluding carboxylic acids is 1. The third-order valence-corrected chi connectivity index (χ3v) is 3.86. The minimum absolute atomic E-state index is 0.0212. The monoisotopic (exact) mass is 292 g/mol. The average molecular weight is 292 g/mol. The molecule has 0 radical (unpaired) electrons. The molecule has 22 heavy (non-hydrogen) atoms. The third-order valence-electron chi connectivity index (χ3n) is 3.86. The molecule has 0 atom stereocenters. The van der Waals surface area contributed by atoms with Gasteiger partial charge in [-0.05, 0) is 44.3 Å². The second-order valence-electron chi connectivity index (χ2n) is 5.77. The first-order valence-electron chi connectivity index (χ1n) is 7.50. The number of hydrogen-bond acceptors (Lipinski definition) is 2. The molecule has 0 saturated carbocycles. The molecular formula is C19H20N2O. The Morgan fingerprint density at radius 1 is 1.00 bits per heavy atom. The molecule has 3 rings (SSSR count). The number of fused-ring (bicyclic) bond motifs is 1. The molecule has 3 heteroatoms. The molecule has 1 aromatic heterocycles. The number of hydrogen-bond donors (Lipinski definition) is 0. The highest BCUT2D eigenvalue weighted by molar-refractivity contribution is 6.02. The highest BCUT2D eigenvalue weighted by Gasteiger charge is 2.14. The normalized spacial score (nSPS) is 11.2. The van der Waals surface area contributed by atoms with Crippen molar-refractivity contribution in [2.75, 3.05) is 20.6 Å². The highest BCUT2D eigenvalue weighted by atomic mass is 16.2. The van der Waals surface area contributed by atoms with Crippen molar-refractivity contribution < 1.29 is 4.79 Å². The third kappa shape index (κ3) is 2.81. The van der Waals surface area contributed by atoms with E-state index in [-0.39, 0.29) is 5.91 Å². The van der Waals surface area contributed by atoms with Gasteiger partial charge in [0.25, 0.3) is 5.91 Å². The van der Waals surface area contributed by atoms with Crippen LogP contribution in [0, 0.1) is 0 Å². The van der Waals surface area contributed by atoms with Crippen LogP contribution in [-0.4, -0.2) is 36.0 Å². The van der Waals surface area contributed by atoms with Gasteiger partial charge in [-0.3, -0.25) is 9.36 Å². The SMILES string of the molecule is CN(C)CCc1cn(C(=O)c2ccccc2)c2ccccc12. The van der Waals surface area contributed by atoms with E-state index in [1.54, 1.807) is 4.57 Å². The van der Waals surface area contributed by atoms with E-state index < -0.39 is 0 Å². The topological polar surface area (TPSA) is 25.2 Å². The van der Waals surface area contributed by atoms with Gasteiger partial charge < -0.3 is 4.90 Å². The molecule has 0 spiro atoms. The maximum atomic E-state index is 12.8. The molecule has 0 saturated heterocycles. The van der Waals surface area contributed by atoms with Gasteiger partial charge >= 0.3 is 0 Å². The largest absolute Gasteiger partial charge is 0.309 e. The Morgan fingerprint density at radius 2 is 1.68 bits per heavy atom.